The maximum absolute atomic E-state index is 13.3. The van der Waals surface area contributed by atoms with E-state index in [1.165, 1.54) is 7.11 Å². The molecule has 0 saturated carbocycles. The van der Waals surface area contributed by atoms with Gasteiger partial charge in [-0.2, -0.15) is 0 Å². The van der Waals surface area contributed by atoms with Crippen molar-refractivity contribution in [1.82, 2.24) is 0 Å². The van der Waals surface area contributed by atoms with Gasteiger partial charge in [-0.25, -0.2) is 8.78 Å². The first-order valence-electron chi connectivity index (χ1n) is 10.6. The molecule has 2 unspecified atom stereocenters. The van der Waals surface area contributed by atoms with E-state index in [1.807, 2.05) is 37.3 Å². The Balaban J connectivity index is 1.85. The fourth-order valence-electron chi connectivity index (χ4n) is 4.18. The van der Waals surface area contributed by atoms with Crippen LogP contribution in [0.5, 0.6) is 5.75 Å². The lowest BCUT2D eigenvalue weighted by Gasteiger charge is -2.46. The fraction of sp³-hybridized carbons (Fsp3) is 0.500. The van der Waals surface area contributed by atoms with Crippen LogP contribution < -0.4 is 4.74 Å². The summed E-state index contributed by atoms with van der Waals surface area (Å²) in [5.74, 6) is 0.785. The van der Waals surface area contributed by atoms with Gasteiger partial charge in [-0.1, -0.05) is 35.9 Å². The smallest absolute Gasteiger partial charge is 0.241 e. The van der Waals surface area contributed by atoms with E-state index in [4.69, 9.17) is 25.8 Å². The number of benzene rings is 2. The predicted molar refractivity (Wildman–Crippen MR) is 118 cm³/mol. The molecule has 8 heteroatoms. The molecule has 0 bridgehead atoms. The number of halogens is 3. The van der Waals surface area contributed by atoms with Gasteiger partial charge in [0.1, 0.15) is 17.5 Å². The third-order valence-electron chi connectivity index (χ3n) is 5.69. The number of hydrogen-bond acceptors (Lipinski definition) is 5. The number of hydrogen-bond donors (Lipinski definition) is 2. The maximum Gasteiger partial charge on any atom is 0.241 e. The summed E-state index contributed by atoms with van der Waals surface area (Å²) in [6, 6.07) is 13.0. The number of aliphatic hydroxyl groups is 2. The molecule has 0 aromatic heterocycles. The minimum Gasteiger partial charge on any atom is -0.494 e. The molecule has 1 fully saturated rings. The minimum atomic E-state index is -2.73. The Kier molecular flexibility index (Phi) is 8.47. The first-order valence-corrected chi connectivity index (χ1v) is 11.0. The zero-order chi connectivity index (χ0) is 23.3. The molecule has 2 aromatic rings. The standard InChI is InChI=1S/C24H29ClF2O5/c1-3-31-18-7-4-15(5-8-18)10-17-11-16(6-9-19(17)25)21-12-20(28)23(29)24(32-21,14-30-2)13-22(26)27/h4-9,11,20-23,28-29H,3,10,12-14H2,1-2H3/t20?,21?,23-,24-/m0/s1. The Morgan fingerprint density at radius 1 is 1.19 bits per heavy atom. The Labute approximate surface area is 191 Å². The van der Waals surface area contributed by atoms with Gasteiger partial charge in [0, 0.05) is 25.0 Å². The van der Waals surface area contributed by atoms with Crippen molar-refractivity contribution in [1.29, 1.82) is 0 Å². The molecule has 176 valence electrons. The largest absolute Gasteiger partial charge is 0.494 e. The minimum absolute atomic E-state index is 0.0694. The van der Waals surface area contributed by atoms with Gasteiger partial charge in [-0.05, 0) is 48.2 Å². The maximum atomic E-state index is 13.3. The lowest BCUT2D eigenvalue weighted by molar-refractivity contribution is -0.256. The van der Waals surface area contributed by atoms with E-state index in [1.54, 1.807) is 12.1 Å². The monoisotopic (exact) mass is 470 g/mol. The van der Waals surface area contributed by atoms with Gasteiger partial charge in [-0.3, -0.25) is 0 Å². The van der Waals surface area contributed by atoms with Crippen molar-refractivity contribution < 1.29 is 33.2 Å². The molecule has 4 atom stereocenters. The molecule has 1 saturated heterocycles. The number of alkyl halides is 2. The van der Waals surface area contributed by atoms with Crippen molar-refractivity contribution in [3.8, 4) is 5.75 Å². The van der Waals surface area contributed by atoms with Crippen LogP contribution in [-0.2, 0) is 15.9 Å². The highest BCUT2D eigenvalue weighted by atomic mass is 35.5. The molecule has 0 aliphatic carbocycles. The SMILES string of the molecule is CCOc1ccc(Cc2cc(C3CC(O)[C@H](O)[C@@](COC)(CC(F)F)O3)ccc2Cl)cc1. The van der Waals surface area contributed by atoms with Crippen molar-refractivity contribution in [3.63, 3.8) is 0 Å². The third kappa shape index (κ3) is 5.77. The molecule has 0 amide bonds. The molecule has 1 aliphatic rings. The summed E-state index contributed by atoms with van der Waals surface area (Å²) in [5.41, 5.74) is 0.846. The Bertz CT molecular complexity index is 879. The van der Waals surface area contributed by atoms with Gasteiger partial charge in [0.15, 0.2) is 0 Å². The molecule has 2 N–H and O–H groups in total. The summed E-state index contributed by atoms with van der Waals surface area (Å²) >= 11 is 6.42. The number of aliphatic hydroxyl groups excluding tert-OH is 2. The molecule has 2 aromatic carbocycles. The van der Waals surface area contributed by atoms with Crippen LogP contribution in [0.25, 0.3) is 0 Å². The fourth-order valence-corrected chi connectivity index (χ4v) is 4.36. The van der Waals surface area contributed by atoms with Gasteiger partial charge in [-0.15, -0.1) is 0 Å². The Hall–Kier alpha value is -1.77. The Morgan fingerprint density at radius 2 is 1.91 bits per heavy atom. The van der Waals surface area contributed by atoms with E-state index < -0.39 is 36.8 Å². The second-order valence-electron chi connectivity index (χ2n) is 8.05. The van der Waals surface area contributed by atoms with Crippen LogP contribution in [0.3, 0.4) is 0 Å². The molecule has 5 nitrogen and oxygen atoms in total. The van der Waals surface area contributed by atoms with Crippen LogP contribution in [0.1, 0.15) is 42.6 Å². The highest BCUT2D eigenvalue weighted by Crippen LogP contribution is 2.41. The highest BCUT2D eigenvalue weighted by molar-refractivity contribution is 6.31. The number of ether oxygens (including phenoxy) is 3. The van der Waals surface area contributed by atoms with Crippen LogP contribution in [0.15, 0.2) is 42.5 Å². The van der Waals surface area contributed by atoms with Gasteiger partial charge in [0.05, 0.1) is 25.4 Å². The summed E-state index contributed by atoms with van der Waals surface area (Å²) in [6.07, 6.45) is -6.26. The lowest BCUT2D eigenvalue weighted by Crippen LogP contribution is -2.59. The van der Waals surface area contributed by atoms with Crippen LogP contribution in [-0.4, -0.2) is 54.8 Å². The lowest BCUT2D eigenvalue weighted by atomic mass is 9.82. The quantitative estimate of drug-likeness (QED) is 0.562. The molecule has 1 aliphatic heterocycles. The molecule has 32 heavy (non-hydrogen) atoms. The van der Waals surface area contributed by atoms with E-state index in [0.29, 0.717) is 23.6 Å². The van der Waals surface area contributed by atoms with Gasteiger partial charge in [0.2, 0.25) is 6.43 Å². The van der Waals surface area contributed by atoms with Gasteiger partial charge in [0.25, 0.3) is 0 Å². The van der Waals surface area contributed by atoms with Crippen molar-refractivity contribution in [3.05, 3.63) is 64.2 Å². The molecular weight excluding hydrogens is 442 g/mol. The molecule has 3 rings (SSSR count). The number of rotatable bonds is 9. The summed E-state index contributed by atoms with van der Waals surface area (Å²) in [5, 5.41) is 21.5. The average Bonchev–Trinajstić information content (AvgIpc) is 2.74. The molecule has 0 radical (unpaired) electrons. The summed E-state index contributed by atoms with van der Waals surface area (Å²) in [7, 11) is 1.34. The highest BCUT2D eigenvalue weighted by Gasteiger charge is 2.51. The second-order valence-corrected chi connectivity index (χ2v) is 8.46. The topological polar surface area (TPSA) is 68.2 Å². The zero-order valence-corrected chi connectivity index (χ0v) is 18.9. The first kappa shape index (κ1) is 24.9. The van der Waals surface area contributed by atoms with Crippen LogP contribution in [0.2, 0.25) is 5.02 Å². The number of methoxy groups -OCH3 is 1. The van der Waals surface area contributed by atoms with Gasteiger partial charge >= 0.3 is 0 Å². The first-order chi connectivity index (χ1) is 15.3. The summed E-state index contributed by atoms with van der Waals surface area (Å²) < 4.78 is 43.1. The normalized spacial score (nSPS) is 25.8. The van der Waals surface area contributed by atoms with Crippen molar-refractivity contribution >= 4 is 11.6 Å². The second kappa shape index (κ2) is 10.9. The van der Waals surface area contributed by atoms with E-state index in [0.717, 1.165) is 16.9 Å². The van der Waals surface area contributed by atoms with Crippen molar-refractivity contribution in [2.75, 3.05) is 20.3 Å². The van der Waals surface area contributed by atoms with Crippen LogP contribution in [0, 0.1) is 0 Å². The predicted octanol–water partition coefficient (Wildman–Crippen LogP) is 4.55. The van der Waals surface area contributed by atoms with Crippen molar-refractivity contribution in [2.45, 2.75) is 56.5 Å². The van der Waals surface area contributed by atoms with E-state index in [9.17, 15) is 19.0 Å². The molecule has 0 spiro atoms. The van der Waals surface area contributed by atoms with Crippen LogP contribution >= 0.6 is 11.6 Å². The summed E-state index contributed by atoms with van der Waals surface area (Å²) in [6.45, 7) is 2.25. The van der Waals surface area contributed by atoms with E-state index in [-0.39, 0.29) is 13.0 Å². The average molecular weight is 471 g/mol. The zero-order valence-electron chi connectivity index (χ0n) is 18.1. The Morgan fingerprint density at radius 3 is 2.53 bits per heavy atom. The summed E-state index contributed by atoms with van der Waals surface area (Å²) in [4.78, 5) is 0. The molecule has 1 heterocycles. The van der Waals surface area contributed by atoms with E-state index in [2.05, 4.69) is 0 Å². The molecular formula is C24H29ClF2O5. The van der Waals surface area contributed by atoms with Crippen LogP contribution in [0.4, 0.5) is 8.78 Å². The van der Waals surface area contributed by atoms with E-state index >= 15 is 0 Å². The van der Waals surface area contributed by atoms with Gasteiger partial charge < -0.3 is 24.4 Å². The van der Waals surface area contributed by atoms with Crippen molar-refractivity contribution in [2.24, 2.45) is 0 Å². The third-order valence-corrected chi connectivity index (χ3v) is 6.06.